The third kappa shape index (κ3) is 7.59. The molecule has 0 unspecified atom stereocenters. The molecule has 0 aliphatic carbocycles. The average Bonchev–Trinajstić information content (AvgIpc) is 4.02. The van der Waals surface area contributed by atoms with E-state index in [2.05, 4.69) is 221 Å². The minimum atomic E-state index is 0.459. The minimum Gasteiger partial charge on any atom is -0.309 e. The summed E-state index contributed by atoms with van der Waals surface area (Å²) >= 11 is 0. The molecule has 0 bridgehead atoms. The molecule has 0 saturated carbocycles. The van der Waals surface area contributed by atoms with Crippen LogP contribution >= 0.6 is 0 Å². The van der Waals surface area contributed by atoms with Gasteiger partial charge in [0, 0.05) is 50.9 Å². The second-order valence-electron chi connectivity index (χ2n) is 18.5. The Morgan fingerprint density at radius 3 is 0.851 bits per heavy atom. The zero-order valence-electron chi connectivity index (χ0n) is 40.0. The Hall–Kier alpha value is -10.1. The van der Waals surface area contributed by atoms with Crippen LogP contribution in [0, 0.1) is 0 Å². The molecule has 0 fully saturated rings. The number of hydrogen-bond acceptors (Lipinski definition) is 5. The van der Waals surface area contributed by atoms with Crippen LogP contribution in [-0.2, 0) is 0 Å². The Kier molecular flexibility index (Phi) is 10.4. The van der Waals surface area contributed by atoms with E-state index in [0.717, 1.165) is 82.8 Å². The van der Waals surface area contributed by atoms with E-state index in [1.165, 1.54) is 22.3 Å². The van der Waals surface area contributed by atoms with Crippen molar-refractivity contribution in [2.45, 2.75) is 0 Å². The van der Waals surface area contributed by atoms with E-state index in [1.54, 1.807) is 12.4 Å². The van der Waals surface area contributed by atoms with Crippen LogP contribution in [0.25, 0.3) is 134 Å². The van der Waals surface area contributed by atoms with Gasteiger partial charge in [0.2, 0.25) is 0 Å². The minimum absolute atomic E-state index is 0.459. The smallest absolute Gasteiger partial charge is 0.182 e. The fourth-order valence-corrected chi connectivity index (χ4v) is 10.6. The van der Waals surface area contributed by atoms with Crippen molar-refractivity contribution >= 4 is 43.6 Å². The van der Waals surface area contributed by atoms with Gasteiger partial charge in [-0.1, -0.05) is 158 Å². The number of fused-ring (bicyclic) bond motifs is 6. The zero-order chi connectivity index (χ0) is 49.0. The molecule has 0 saturated heterocycles. The van der Waals surface area contributed by atoms with Gasteiger partial charge in [-0.25, -0.2) is 15.0 Å². The fourth-order valence-electron chi connectivity index (χ4n) is 10.6. The van der Waals surface area contributed by atoms with Gasteiger partial charge in [-0.3, -0.25) is 9.97 Å². The molecule has 0 atom stereocenters. The van der Waals surface area contributed by atoms with Gasteiger partial charge in [0.25, 0.3) is 0 Å². The Bertz CT molecular complexity index is 3910. The predicted molar refractivity (Wildman–Crippen MR) is 302 cm³/mol. The van der Waals surface area contributed by atoms with E-state index < -0.39 is 0 Å². The van der Waals surface area contributed by atoms with Gasteiger partial charge < -0.3 is 9.13 Å². The molecule has 346 valence electrons. The number of aromatic nitrogens is 7. The number of hydrogen-bond donors (Lipinski definition) is 0. The first kappa shape index (κ1) is 42.7. The summed E-state index contributed by atoms with van der Waals surface area (Å²) in [5.41, 5.74) is 17.6. The lowest BCUT2D eigenvalue weighted by molar-refractivity contribution is 1.04. The quantitative estimate of drug-likeness (QED) is 0.144. The number of pyridine rings is 2. The van der Waals surface area contributed by atoms with Crippen LogP contribution in [0.3, 0.4) is 0 Å². The fraction of sp³-hybridized carbons (Fsp3) is 0. The molecule has 0 amide bonds. The Morgan fingerprint density at radius 1 is 0.230 bits per heavy atom. The molecule has 0 radical (unpaired) electrons. The first-order chi connectivity index (χ1) is 36.7. The molecule has 5 aromatic heterocycles. The molecule has 5 heterocycles. The molecule has 14 aromatic rings. The van der Waals surface area contributed by atoms with Crippen molar-refractivity contribution in [2.24, 2.45) is 0 Å². The first-order valence-electron chi connectivity index (χ1n) is 24.8. The highest BCUT2D eigenvalue weighted by Gasteiger charge is 2.22. The van der Waals surface area contributed by atoms with Crippen molar-refractivity contribution in [3.05, 3.63) is 261 Å². The molecule has 0 spiro atoms. The van der Waals surface area contributed by atoms with Gasteiger partial charge in [-0.2, -0.15) is 0 Å². The SMILES string of the molecule is c1ccc(-c2ccc3c(c2)c2cc(-c4ccccc4)ccc2n3-c2cc(-c3nc(-c4ccccn4)nc(-c4ccccn4)n3)cc(-n3c4ccc(-c5ccccc5)cc4c4cc(-c5ccccc5)ccc43)c2)cc1. The van der Waals surface area contributed by atoms with E-state index in [9.17, 15) is 0 Å². The van der Waals surface area contributed by atoms with Crippen LogP contribution in [0.1, 0.15) is 0 Å². The number of rotatable bonds is 9. The third-order valence-electron chi connectivity index (χ3n) is 14.1. The van der Waals surface area contributed by atoms with Crippen LogP contribution in [0.5, 0.6) is 0 Å². The zero-order valence-corrected chi connectivity index (χ0v) is 40.0. The van der Waals surface area contributed by atoms with Gasteiger partial charge in [-0.05, 0) is 136 Å². The second kappa shape index (κ2) is 17.9. The molecular weight excluding hydrogens is 903 g/mol. The second-order valence-corrected chi connectivity index (χ2v) is 18.5. The largest absolute Gasteiger partial charge is 0.309 e. The third-order valence-corrected chi connectivity index (χ3v) is 14.1. The summed E-state index contributed by atoms with van der Waals surface area (Å²) in [5, 5.41) is 4.61. The summed E-state index contributed by atoms with van der Waals surface area (Å²) in [6.45, 7) is 0. The normalized spacial score (nSPS) is 11.5. The van der Waals surface area contributed by atoms with Crippen molar-refractivity contribution in [3.63, 3.8) is 0 Å². The Labute approximate surface area is 427 Å². The van der Waals surface area contributed by atoms with Crippen LogP contribution in [0.15, 0.2) is 261 Å². The molecule has 7 nitrogen and oxygen atoms in total. The topological polar surface area (TPSA) is 74.3 Å². The highest BCUT2D eigenvalue weighted by atomic mass is 15.1. The van der Waals surface area contributed by atoms with Crippen molar-refractivity contribution < 1.29 is 0 Å². The van der Waals surface area contributed by atoms with Gasteiger partial charge in [0.1, 0.15) is 11.4 Å². The molecule has 0 N–H and O–H groups in total. The van der Waals surface area contributed by atoms with Gasteiger partial charge in [-0.15, -0.1) is 0 Å². The van der Waals surface area contributed by atoms with Gasteiger partial charge >= 0.3 is 0 Å². The van der Waals surface area contributed by atoms with Crippen LogP contribution in [0.4, 0.5) is 0 Å². The lowest BCUT2D eigenvalue weighted by atomic mass is 10.0. The summed E-state index contributed by atoms with van der Waals surface area (Å²) in [6, 6.07) is 88.2. The maximum absolute atomic E-state index is 5.24. The van der Waals surface area contributed by atoms with Gasteiger partial charge in [0.15, 0.2) is 17.5 Å². The molecule has 14 rings (SSSR count). The Balaban J connectivity index is 1.07. The standard InChI is InChI=1S/C67H43N7/c1-5-17-44(18-6-1)48-27-31-61-55(39-48)56-40-49(45-19-7-2-8-20-45)28-32-62(56)73(61)53-37-52(65-70-66(59-25-13-15-35-68-59)72-67(71-65)60-26-14-16-36-69-60)38-54(43-53)74-63-33-29-50(46-21-9-3-10-22-46)41-57(63)58-42-51(30-34-64(58)74)47-23-11-4-12-24-47/h1-43H. The molecule has 9 aromatic carbocycles. The Morgan fingerprint density at radius 2 is 0.541 bits per heavy atom. The summed E-state index contributed by atoms with van der Waals surface area (Å²) < 4.78 is 4.80. The lowest BCUT2D eigenvalue weighted by Gasteiger charge is -2.16. The summed E-state index contributed by atoms with van der Waals surface area (Å²) in [6.07, 6.45) is 3.53. The number of benzene rings is 9. The molecule has 0 aliphatic rings. The average molecular weight is 946 g/mol. The van der Waals surface area contributed by atoms with Crippen LogP contribution in [-0.4, -0.2) is 34.1 Å². The van der Waals surface area contributed by atoms with Crippen molar-refractivity contribution in [2.75, 3.05) is 0 Å². The van der Waals surface area contributed by atoms with Crippen LogP contribution < -0.4 is 0 Å². The molecular formula is C67H43N7. The van der Waals surface area contributed by atoms with E-state index in [0.29, 0.717) is 28.9 Å². The van der Waals surface area contributed by atoms with E-state index in [1.807, 2.05) is 36.4 Å². The van der Waals surface area contributed by atoms with Crippen molar-refractivity contribution in [3.8, 4) is 90.3 Å². The highest BCUT2D eigenvalue weighted by molar-refractivity contribution is 6.13. The van der Waals surface area contributed by atoms with Crippen molar-refractivity contribution in [1.29, 1.82) is 0 Å². The summed E-state index contributed by atoms with van der Waals surface area (Å²) in [5.74, 6) is 1.42. The number of nitrogens with zero attached hydrogens (tertiary/aromatic N) is 7. The first-order valence-corrected chi connectivity index (χ1v) is 24.8. The maximum atomic E-state index is 5.24. The summed E-state index contributed by atoms with van der Waals surface area (Å²) in [7, 11) is 0. The van der Waals surface area contributed by atoms with E-state index in [4.69, 9.17) is 24.9 Å². The van der Waals surface area contributed by atoms with Crippen molar-refractivity contribution in [1.82, 2.24) is 34.1 Å². The molecule has 0 aliphatic heterocycles. The predicted octanol–water partition coefficient (Wildman–Crippen LogP) is 16.5. The highest BCUT2D eigenvalue weighted by Crippen LogP contribution is 2.42. The molecule has 7 heteroatoms. The molecule has 74 heavy (non-hydrogen) atoms. The lowest BCUT2D eigenvalue weighted by Crippen LogP contribution is -2.04. The van der Waals surface area contributed by atoms with E-state index >= 15 is 0 Å². The van der Waals surface area contributed by atoms with Crippen LogP contribution in [0.2, 0.25) is 0 Å². The monoisotopic (exact) mass is 945 g/mol. The van der Waals surface area contributed by atoms with E-state index in [-0.39, 0.29) is 0 Å². The van der Waals surface area contributed by atoms with Gasteiger partial charge in [0.05, 0.1) is 22.1 Å². The summed E-state index contributed by atoms with van der Waals surface area (Å²) in [4.78, 5) is 24.9. The maximum Gasteiger partial charge on any atom is 0.182 e.